The van der Waals surface area contributed by atoms with E-state index in [4.69, 9.17) is 0 Å². The van der Waals surface area contributed by atoms with E-state index in [0.717, 1.165) is 6.42 Å². The fraction of sp³-hybridized carbons (Fsp3) is 0.750. The van der Waals surface area contributed by atoms with Gasteiger partial charge in [0, 0.05) is 6.92 Å². The predicted octanol–water partition coefficient (Wildman–Crippen LogP) is 0.647. The largest absolute Gasteiger partial charge is 0.346 e. The Bertz CT molecular complexity index is 145. The molecule has 0 saturated heterocycles. The van der Waals surface area contributed by atoms with Crippen LogP contribution in [0.5, 0.6) is 0 Å². The first kappa shape index (κ1) is 10.1. The SMILES string of the molecule is CCC(C)C([C]=O)NC(C)=O. The summed E-state index contributed by atoms with van der Waals surface area (Å²) in [7, 11) is 0. The molecule has 0 fully saturated rings. The van der Waals surface area contributed by atoms with Crippen molar-refractivity contribution in [3.8, 4) is 0 Å². The normalized spacial score (nSPS) is 15.2. The molecule has 0 aliphatic rings. The first-order chi connectivity index (χ1) is 5.11. The number of carbonyl (C=O) groups is 1. The molecule has 0 aromatic heterocycles. The van der Waals surface area contributed by atoms with E-state index in [9.17, 15) is 9.59 Å². The first-order valence-corrected chi connectivity index (χ1v) is 3.76. The van der Waals surface area contributed by atoms with Crippen molar-refractivity contribution in [1.82, 2.24) is 5.32 Å². The molecule has 1 radical (unpaired) electrons. The maximum Gasteiger partial charge on any atom is 0.223 e. The van der Waals surface area contributed by atoms with Crippen LogP contribution < -0.4 is 5.32 Å². The van der Waals surface area contributed by atoms with Crippen molar-refractivity contribution in [1.29, 1.82) is 0 Å². The third-order valence-corrected chi connectivity index (χ3v) is 1.70. The minimum Gasteiger partial charge on any atom is -0.346 e. The molecular formula is C8H14NO2. The first-order valence-electron chi connectivity index (χ1n) is 3.76. The summed E-state index contributed by atoms with van der Waals surface area (Å²) in [5, 5.41) is 2.52. The Morgan fingerprint density at radius 1 is 1.64 bits per heavy atom. The van der Waals surface area contributed by atoms with E-state index in [1.54, 1.807) is 6.29 Å². The zero-order chi connectivity index (χ0) is 8.85. The van der Waals surface area contributed by atoms with Gasteiger partial charge in [0.05, 0.1) is 6.04 Å². The Kier molecular flexibility index (Phi) is 4.50. The van der Waals surface area contributed by atoms with Crippen LogP contribution >= 0.6 is 0 Å². The summed E-state index contributed by atoms with van der Waals surface area (Å²) in [6, 6.07) is -0.447. The molecule has 0 aliphatic carbocycles. The lowest BCUT2D eigenvalue weighted by Crippen LogP contribution is -2.39. The van der Waals surface area contributed by atoms with Gasteiger partial charge in [-0.3, -0.25) is 9.59 Å². The molecule has 0 bridgehead atoms. The van der Waals surface area contributed by atoms with Gasteiger partial charge in [0.2, 0.25) is 12.2 Å². The Morgan fingerprint density at radius 2 is 2.18 bits per heavy atom. The van der Waals surface area contributed by atoms with Crippen molar-refractivity contribution in [3.05, 3.63) is 0 Å². The number of hydrogen-bond donors (Lipinski definition) is 1. The second kappa shape index (κ2) is 4.88. The van der Waals surface area contributed by atoms with Crippen LogP contribution in [0.15, 0.2) is 0 Å². The minimum atomic E-state index is -0.447. The minimum absolute atomic E-state index is 0.163. The fourth-order valence-electron chi connectivity index (χ4n) is 0.743. The number of hydrogen-bond acceptors (Lipinski definition) is 2. The van der Waals surface area contributed by atoms with Gasteiger partial charge in [0.1, 0.15) is 0 Å². The monoisotopic (exact) mass is 156 g/mol. The van der Waals surface area contributed by atoms with Crippen LogP contribution in [0.4, 0.5) is 0 Å². The van der Waals surface area contributed by atoms with Gasteiger partial charge < -0.3 is 5.32 Å². The van der Waals surface area contributed by atoms with E-state index < -0.39 is 6.04 Å². The predicted molar refractivity (Wildman–Crippen MR) is 42.8 cm³/mol. The lowest BCUT2D eigenvalue weighted by molar-refractivity contribution is -0.119. The highest BCUT2D eigenvalue weighted by molar-refractivity contribution is 5.77. The second-order valence-electron chi connectivity index (χ2n) is 2.68. The molecule has 3 nitrogen and oxygen atoms in total. The molecule has 0 heterocycles. The van der Waals surface area contributed by atoms with Crippen LogP contribution in [-0.4, -0.2) is 18.2 Å². The second-order valence-corrected chi connectivity index (χ2v) is 2.68. The molecule has 0 rings (SSSR count). The van der Waals surface area contributed by atoms with Crippen LogP contribution in [0, 0.1) is 5.92 Å². The highest BCUT2D eigenvalue weighted by Gasteiger charge is 2.15. The molecule has 1 N–H and O–H groups in total. The molecule has 0 saturated carbocycles. The maximum absolute atomic E-state index is 10.5. The van der Waals surface area contributed by atoms with Crippen LogP contribution in [0.1, 0.15) is 27.2 Å². The Hall–Kier alpha value is -0.860. The summed E-state index contributed by atoms with van der Waals surface area (Å²) in [4.78, 5) is 20.8. The van der Waals surface area contributed by atoms with E-state index in [0.29, 0.717) is 0 Å². The Labute approximate surface area is 67.2 Å². The van der Waals surface area contributed by atoms with Crippen LogP contribution in [0.3, 0.4) is 0 Å². The van der Waals surface area contributed by atoms with E-state index >= 15 is 0 Å². The number of rotatable bonds is 4. The molecule has 0 aliphatic heterocycles. The molecule has 11 heavy (non-hydrogen) atoms. The van der Waals surface area contributed by atoms with E-state index in [1.165, 1.54) is 6.92 Å². The van der Waals surface area contributed by atoms with Crippen molar-refractivity contribution >= 4 is 12.2 Å². The van der Waals surface area contributed by atoms with Gasteiger partial charge in [0.15, 0.2) is 0 Å². The summed E-state index contributed by atoms with van der Waals surface area (Å²) in [5.41, 5.74) is 0. The molecule has 0 aromatic carbocycles. The molecule has 3 heteroatoms. The van der Waals surface area contributed by atoms with Crippen molar-refractivity contribution in [2.45, 2.75) is 33.2 Å². The highest BCUT2D eigenvalue weighted by Crippen LogP contribution is 2.04. The van der Waals surface area contributed by atoms with Crippen LogP contribution in [-0.2, 0) is 9.59 Å². The summed E-state index contributed by atoms with van der Waals surface area (Å²) in [6.45, 7) is 5.27. The third kappa shape index (κ3) is 3.75. The van der Waals surface area contributed by atoms with Crippen molar-refractivity contribution < 1.29 is 9.59 Å². The van der Waals surface area contributed by atoms with Gasteiger partial charge in [-0.05, 0) is 5.92 Å². The number of amides is 1. The maximum atomic E-state index is 10.5. The molecule has 63 valence electrons. The molecule has 0 aromatic rings. The van der Waals surface area contributed by atoms with Crippen molar-refractivity contribution in [2.75, 3.05) is 0 Å². The van der Waals surface area contributed by atoms with Gasteiger partial charge in [-0.1, -0.05) is 20.3 Å². The van der Waals surface area contributed by atoms with Gasteiger partial charge in [0.25, 0.3) is 0 Å². The summed E-state index contributed by atoms with van der Waals surface area (Å²) < 4.78 is 0. The number of carbonyl (C=O) groups excluding carboxylic acids is 2. The van der Waals surface area contributed by atoms with Crippen LogP contribution in [0.2, 0.25) is 0 Å². The smallest absolute Gasteiger partial charge is 0.223 e. The highest BCUT2D eigenvalue weighted by atomic mass is 16.2. The Morgan fingerprint density at radius 3 is 2.45 bits per heavy atom. The average molecular weight is 156 g/mol. The average Bonchev–Trinajstić information content (AvgIpc) is 1.98. The summed E-state index contributed by atoms with van der Waals surface area (Å²) >= 11 is 0. The molecular weight excluding hydrogens is 142 g/mol. The molecule has 0 spiro atoms. The van der Waals surface area contributed by atoms with E-state index in [2.05, 4.69) is 5.32 Å². The summed E-state index contributed by atoms with van der Waals surface area (Å²) in [5.74, 6) is -0.0185. The van der Waals surface area contributed by atoms with Crippen LogP contribution in [0.25, 0.3) is 0 Å². The molecule has 2 atom stereocenters. The quantitative estimate of drug-likeness (QED) is 0.649. The lowest BCUT2D eigenvalue weighted by atomic mass is 10.0. The van der Waals surface area contributed by atoms with E-state index in [1.807, 2.05) is 13.8 Å². The van der Waals surface area contributed by atoms with Crippen molar-refractivity contribution in [2.24, 2.45) is 5.92 Å². The van der Waals surface area contributed by atoms with Crippen molar-refractivity contribution in [3.63, 3.8) is 0 Å². The standard InChI is InChI=1S/C8H14NO2/c1-4-6(2)8(5-10)9-7(3)11/h6,8H,4H2,1-3H3,(H,9,11). The van der Waals surface area contributed by atoms with E-state index in [-0.39, 0.29) is 11.8 Å². The topological polar surface area (TPSA) is 46.2 Å². The summed E-state index contributed by atoms with van der Waals surface area (Å²) in [6.07, 6.45) is 2.66. The molecule has 2 unspecified atom stereocenters. The van der Waals surface area contributed by atoms with Gasteiger partial charge >= 0.3 is 0 Å². The fourth-order valence-corrected chi connectivity index (χ4v) is 0.743. The third-order valence-electron chi connectivity index (χ3n) is 1.70. The lowest BCUT2D eigenvalue weighted by Gasteiger charge is -2.16. The molecule has 1 amide bonds. The zero-order valence-electron chi connectivity index (χ0n) is 7.18. The zero-order valence-corrected chi connectivity index (χ0v) is 7.18. The van der Waals surface area contributed by atoms with Gasteiger partial charge in [-0.15, -0.1) is 0 Å². The Balaban J connectivity index is 3.94. The van der Waals surface area contributed by atoms with Gasteiger partial charge in [-0.25, -0.2) is 0 Å². The van der Waals surface area contributed by atoms with Gasteiger partial charge in [-0.2, -0.15) is 0 Å². The number of nitrogens with one attached hydrogen (secondary N) is 1.